The molecule has 1 heterocycles. The van der Waals surface area contributed by atoms with E-state index in [2.05, 4.69) is 27.9 Å². The minimum absolute atomic E-state index is 0.0696. The van der Waals surface area contributed by atoms with Gasteiger partial charge in [-0.3, -0.25) is 14.9 Å². The Bertz CT molecular complexity index is 1420. The van der Waals surface area contributed by atoms with Crippen LogP contribution in [0, 0.1) is 3.57 Å². The Morgan fingerprint density at radius 1 is 1.05 bits per heavy atom. The van der Waals surface area contributed by atoms with Gasteiger partial charge in [-0.15, -0.1) is 0 Å². The number of ether oxygens (including phenoxy) is 3. The minimum Gasteiger partial charge on any atom is -0.493 e. The Kier molecular flexibility index (Phi) is 8.58. The maximum atomic E-state index is 13.3. The number of rotatable bonds is 8. The number of anilines is 1. The number of urea groups is 1. The average molecular weight is 647 g/mol. The topological polar surface area (TPSA) is 94.2 Å². The van der Waals surface area contributed by atoms with Gasteiger partial charge in [0.15, 0.2) is 11.5 Å². The second-order valence-electron chi connectivity index (χ2n) is 8.53. The van der Waals surface area contributed by atoms with E-state index in [1.54, 1.807) is 42.5 Å². The van der Waals surface area contributed by atoms with Crippen molar-refractivity contribution in [2.75, 3.05) is 12.0 Å². The van der Waals surface area contributed by atoms with Crippen molar-refractivity contribution in [3.8, 4) is 17.2 Å². The molecule has 0 bridgehead atoms. The van der Waals surface area contributed by atoms with Gasteiger partial charge in [-0.25, -0.2) is 9.69 Å². The second kappa shape index (κ2) is 11.9. The van der Waals surface area contributed by atoms with Gasteiger partial charge in [-0.1, -0.05) is 29.8 Å². The van der Waals surface area contributed by atoms with Crippen LogP contribution in [0.15, 0.2) is 66.2 Å². The van der Waals surface area contributed by atoms with Gasteiger partial charge in [-0.2, -0.15) is 0 Å². The van der Waals surface area contributed by atoms with Gasteiger partial charge in [0.05, 0.1) is 22.5 Å². The van der Waals surface area contributed by atoms with Gasteiger partial charge in [0.2, 0.25) is 0 Å². The van der Waals surface area contributed by atoms with Crippen LogP contribution in [0.3, 0.4) is 0 Å². The first-order valence-electron chi connectivity index (χ1n) is 11.6. The molecule has 0 aromatic heterocycles. The summed E-state index contributed by atoms with van der Waals surface area (Å²) in [4.78, 5) is 39.4. The zero-order valence-corrected chi connectivity index (χ0v) is 23.7. The number of hydrogen-bond acceptors (Lipinski definition) is 6. The number of benzene rings is 3. The Hall–Kier alpha value is -3.57. The lowest BCUT2D eigenvalue weighted by atomic mass is 10.1. The first kappa shape index (κ1) is 27.5. The predicted octanol–water partition coefficient (Wildman–Crippen LogP) is 5.99. The van der Waals surface area contributed by atoms with E-state index in [1.165, 1.54) is 13.2 Å². The summed E-state index contributed by atoms with van der Waals surface area (Å²) in [7, 11) is 1.51. The first-order chi connectivity index (χ1) is 18.2. The quantitative estimate of drug-likeness (QED) is 0.184. The number of nitrogens with zero attached hydrogens (tertiary/aromatic N) is 1. The van der Waals surface area contributed by atoms with Gasteiger partial charge >= 0.3 is 6.03 Å². The van der Waals surface area contributed by atoms with Crippen LogP contribution in [-0.2, 0) is 16.2 Å². The van der Waals surface area contributed by atoms with E-state index in [-0.39, 0.29) is 24.0 Å². The van der Waals surface area contributed by atoms with Crippen molar-refractivity contribution >= 4 is 63.8 Å². The molecule has 10 heteroatoms. The summed E-state index contributed by atoms with van der Waals surface area (Å²) in [6.45, 7) is 4.06. The van der Waals surface area contributed by atoms with E-state index < -0.39 is 17.8 Å². The molecular weight excluding hydrogens is 623 g/mol. The van der Waals surface area contributed by atoms with Gasteiger partial charge in [-0.05, 0) is 90.5 Å². The summed E-state index contributed by atoms with van der Waals surface area (Å²) >= 11 is 8.27. The highest BCUT2D eigenvalue weighted by Crippen LogP contribution is 2.36. The number of hydrogen-bond donors (Lipinski definition) is 1. The van der Waals surface area contributed by atoms with Gasteiger partial charge in [0, 0.05) is 10.6 Å². The summed E-state index contributed by atoms with van der Waals surface area (Å²) in [6.07, 6.45) is 1.35. The predicted molar refractivity (Wildman–Crippen MR) is 153 cm³/mol. The molecule has 1 aliphatic heterocycles. The van der Waals surface area contributed by atoms with Crippen molar-refractivity contribution < 1.29 is 28.6 Å². The van der Waals surface area contributed by atoms with Crippen molar-refractivity contribution in [2.24, 2.45) is 0 Å². The normalized spacial score (nSPS) is 14.6. The fourth-order valence-electron chi connectivity index (χ4n) is 3.70. The number of barbiturate groups is 1. The SMILES string of the molecule is COc1cc(/C=C2\C(=O)NC(=O)N(c3ccc(OCc4ccccc4Cl)cc3)C2=O)cc(I)c1OC(C)C. The zero-order chi connectivity index (χ0) is 27.4. The fraction of sp³-hybridized carbons (Fsp3) is 0.179. The number of imide groups is 2. The summed E-state index contributed by atoms with van der Waals surface area (Å²) in [5, 5.41) is 2.83. The Morgan fingerprint density at radius 3 is 2.42 bits per heavy atom. The van der Waals surface area contributed by atoms with Crippen LogP contribution < -0.4 is 24.4 Å². The smallest absolute Gasteiger partial charge is 0.335 e. The number of amides is 4. The molecule has 1 fully saturated rings. The summed E-state index contributed by atoms with van der Waals surface area (Å²) in [5.74, 6) is 0.0166. The molecule has 0 radical (unpaired) electrons. The highest BCUT2D eigenvalue weighted by molar-refractivity contribution is 14.1. The maximum Gasteiger partial charge on any atom is 0.335 e. The van der Waals surface area contributed by atoms with Crippen molar-refractivity contribution in [1.29, 1.82) is 0 Å². The third kappa shape index (κ3) is 6.11. The molecule has 4 amide bonds. The lowest BCUT2D eigenvalue weighted by Crippen LogP contribution is -2.54. The van der Waals surface area contributed by atoms with Crippen LogP contribution >= 0.6 is 34.2 Å². The van der Waals surface area contributed by atoms with E-state index in [1.807, 2.05) is 32.0 Å². The molecule has 4 rings (SSSR count). The lowest BCUT2D eigenvalue weighted by molar-refractivity contribution is -0.122. The second-order valence-corrected chi connectivity index (χ2v) is 10.1. The lowest BCUT2D eigenvalue weighted by Gasteiger charge is -2.26. The molecular formula is C28H24ClIN2O6. The number of carbonyl (C=O) groups is 3. The van der Waals surface area contributed by atoms with E-state index in [9.17, 15) is 14.4 Å². The molecule has 0 aliphatic carbocycles. The summed E-state index contributed by atoms with van der Waals surface area (Å²) in [5.41, 5.74) is 1.45. The first-order valence-corrected chi connectivity index (χ1v) is 13.1. The third-order valence-corrected chi connectivity index (χ3v) is 6.64. The van der Waals surface area contributed by atoms with E-state index in [4.69, 9.17) is 25.8 Å². The Balaban J connectivity index is 1.57. The van der Waals surface area contributed by atoms with Crippen molar-refractivity contribution in [3.05, 3.63) is 86.0 Å². The summed E-state index contributed by atoms with van der Waals surface area (Å²) in [6, 6.07) is 16.3. The van der Waals surface area contributed by atoms with Crippen molar-refractivity contribution in [3.63, 3.8) is 0 Å². The number of carbonyl (C=O) groups excluding carboxylic acids is 3. The van der Waals surface area contributed by atoms with Crippen LogP contribution in [-0.4, -0.2) is 31.1 Å². The van der Waals surface area contributed by atoms with Gasteiger partial charge in [0.25, 0.3) is 11.8 Å². The monoisotopic (exact) mass is 646 g/mol. The maximum absolute atomic E-state index is 13.3. The van der Waals surface area contributed by atoms with Crippen LogP contribution in [0.1, 0.15) is 25.0 Å². The molecule has 0 atom stereocenters. The molecule has 1 N–H and O–H groups in total. The van der Waals surface area contributed by atoms with Crippen molar-refractivity contribution in [2.45, 2.75) is 26.6 Å². The van der Waals surface area contributed by atoms with E-state index in [0.717, 1.165) is 14.0 Å². The molecule has 8 nitrogen and oxygen atoms in total. The van der Waals surface area contributed by atoms with Crippen LogP contribution in [0.2, 0.25) is 5.02 Å². The Morgan fingerprint density at radius 2 is 1.76 bits per heavy atom. The average Bonchev–Trinajstić information content (AvgIpc) is 2.88. The molecule has 1 aliphatic rings. The van der Waals surface area contributed by atoms with E-state index >= 15 is 0 Å². The fourth-order valence-corrected chi connectivity index (χ4v) is 4.64. The highest BCUT2D eigenvalue weighted by Gasteiger charge is 2.37. The molecule has 196 valence electrons. The zero-order valence-electron chi connectivity index (χ0n) is 20.8. The Labute approximate surface area is 238 Å². The van der Waals surface area contributed by atoms with Crippen LogP contribution in [0.25, 0.3) is 6.08 Å². The number of nitrogens with one attached hydrogen (secondary N) is 1. The molecule has 38 heavy (non-hydrogen) atoms. The largest absolute Gasteiger partial charge is 0.493 e. The molecule has 1 saturated heterocycles. The molecule has 0 saturated carbocycles. The minimum atomic E-state index is -0.838. The molecule has 3 aromatic carbocycles. The van der Waals surface area contributed by atoms with E-state index in [0.29, 0.717) is 27.8 Å². The highest BCUT2D eigenvalue weighted by atomic mass is 127. The molecule has 3 aromatic rings. The third-order valence-electron chi connectivity index (χ3n) is 5.47. The van der Waals surface area contributed by atoms with Gasteiger partial charge in [0.1, 0.15) is 17.9 Å². The molecule has 0 unspecified atom stereocenters. The molecule has 0 spiro atoms. The van der Waals surface area contributed by atoms with Crippen LogP contribution in [0.5, 0.6) is 17.2 Å². The van der Waals surface area contributed by atoms with Gasteiger partial charge < -0.3 is 14.2 Å². The van der Waals surface area contributed by atoms with Crippen LogP contribution in [0.4, 0.5) is 10.5 Å². The number of methoxy groups -OCH3 is 1. The van der Waals surface area contributed by atoms with Crippen molar-refractivity contribution in [1.82, 2.24) is 5.32 Å². The summed E-state index contributed by atoms with van der Waals surface area (Å²) < 4.78 is 17.8. The number of halogens is 2. The standard InChI is InChI=1S/C28H24ClIN2O6/c1-16(2)38-25-23(30)13-17(14-24(25)36-3)12-21-26(33)31-28(35)32(27(21)34)19-8-10-20(11-9-19)37-15-18-6-4-5-7-22(18)29/h4-14,16H,15H2,1-3H3,(H,31,33,35)/b21-12+.